The van der Waals surface area contributed by atoms with Crippen LogP contribution in [0.15, 0.2) is 23.7 Å². The van der Waals surface area contributed by atoms with E-state index in [0.717, 1.165) is 6.42 Å². The Morgan fingerprint density at radius 2 is 2.50 bits per heavy atom. The van der Waals surface area contributed by atoms with Gasteiger partial charge in [-0.1, -0.05) is 11.2 Å². The summed E-state index contributed by atoms with van der Waals surface area (Å²) in [4.78, 5) is 11.3. The second kappa shape index (κ2) is 4.75. The minimum Gasteiger partial charge on any atom is -0.376 e. The highest BCUT2D eigenvalue weighted by atomic mass is 32.1. The number of nitro groups is 1. The number of rotatable bonds is 5. The lowest BCUT2D eigenvalue weighted by atomic mass is 10.3. The van der Waals surface area contributed by atoms with Crippen molar-refractivity contribution < 1.29 is 4.92 Å². The molecular weight excluding hydrogens is 228 g/mol. The molecule has 0 aliphatic carbocycles. The fraction of sp³-hybridized carbons (Fsp3) is 0.222. The SMILES string of the molecule is O=[N+]([O-])c1[nH]ncc1NCCc1cccs1. The van der Waals surface area contributed by atoms with Crippen molar-refractivity contribution in [2.75, 3.05) is 11.9 Å². The predicted octanol–water partition coefficient (Wildman–Crippen LogP) is 2.03. The predicted molar refractivity (Wildman–Crippen MR) is 61.8 cm³/mol. The number of hydrogen-bond donors (Lipinski definition) is 2. The summed E-state index contributed by atoms with van der Waals surface area (Å²) in [5.41, 5.74) is 0.432. The van der Waals surface area contributed by atoms with Gasteiger partial charge in [0.05, 0.1) is 0 Å². The maximum Gasteiger partial charge on any atom is 0.366 e. The Bertz CT molecular complexity index is 466. The molecule has 0 aromatic carbocycles. The average Bonchev–Trinajstić information content (AvgIpc) is 2.87. The van der Waals surface area contributed by atoms with E-state index in [1.807, 2.05) is 17.5 Å². The molecule has 84 valence electrons. The zero-order valence-electron chi connectivity index (χ0n) is 8.34. The molecule has 2 aromatic rings. The Kier molecular flexibility index (Phi) is 3.16. The fourth-order valence-corrected chi connectivity index (χ4v) is 2.03. The monoisotopic (exact) mass is 238 g/mol. The molecule has 2 heterocycles. The quantitative estimate of drug-likeness (QED) is 0.616. The largest absolute Gasteiger partial charge is 0.376 e. The minimum absolute atomic E-state index is 0.0915. The highest BCUT2D eigenvalue weighted by Gasteiger charge is 2.13. The molecule has 2 aromatic heterocycles. The van der Waals surface area contributed by atoms with Crippen molar-refractivity contribution in [3.8, 4) is 0 Å². The normalized spacial score (nSPS) is 10.2. The van der Waals surface area contributed by atoms with Gasteiger partial charge in [-0.25, -0.2) is 0 Å². The summed E-state index contributed by atoms with van der Waals surface area (Å²) in [6.07, 6.45) is 2.27. The van der Waals surface area contributed by atoms with Gasteiger partial charge in [-0.2, -0.15) is 0 Å². The highest BCUT2D eigenvalue weighted by molar-refractivity contribution is 7.09. The smallest absolute Gasteiger partial charge is 0.366 e. The molecule has 0 amide bonds. The molecule has 6 nitrogen and oxygen atoms in total. The first-order chi connectivity index (χ1) is 7.77. The maximum atomic E-state index is 10.6. The molecule has 0 fully saturated rings. The first-order valence-electron chi connectivity index (χ1n) is 4.71. The van der Waals surface area contributed by atoms with Gasteiger partial charge in [0, 0.05) is 11.4 Å². The summed E-state index contributed by atoms with van der Waals surface area (Å²) in [6, 6.07) is 4.02. The summed E-state index contributed by atoms with van der Waals surface area (Å²) in [5.74, 6) is -0.0915. The van der Waals surface area contributed by atoms with Gasteiger partial charge in [0.15, 0.2) is 5.69 Å². The number of H-pyrrole nitrogens is 1. The van der Waals surface area contributed by atoms with E-state index in [4.69, 9.17) is 0 Å². The van der Waals surface area contributed by atoms with Gasteiger partial charge in [-0.05, 0) is 22.8 Å². The number of anilines is 1. The number of hydrogen-bond acceptors (Lipinski definition) is 5. The van der Waals surface area contributed by atoms with Crippen LogP contribution in [-0.4, -0.2) is 21.7 Å². The summed E-state index contributed by atoms with van der Waals surface area (Å²) >= 11 is 1.67. The van der Waals surface area contributed by atoms with Crippen LogP contribution in [0.5, 0.6) is 0 Å². The third-order valence-corrected chi connectivity index (χ3v) is 3.00. The molecule has 0 spiro atoms. The van der Waals surface area contributed by atoms with E-state index in [9.17, 15) is 10.1 Å². The summed E-state index contributed by atoms with van der Waals surface area (Å²) in [7, 11) is 0. The molecule has 0 aliphatic heterocycles. The summed E-state index contributed by atoms with van der Waals surface area (Å²) in [6.45, 7) is 0.654. The van der Waals surface area contributed by atoms with E-state index in [2.05, 4.69) is 15.5 Å². The van der Waals surface area contributed by atoms with Gasteiger partial charge < -0.3 is 15.4 Å². The minimum atomic E-state index is -0.486. The van der Waals surface area contributed by atoms with E-state index in [-0.39, 0.29) is 5.82 Å². The molecule has 0 unspecified atom stereocenters. The second-order valence-corrected chi connectivity index (χ2v) is 4.18. The number of nitrogens with one attached hydrogen (secondary N) is 2. The molecule has 0 saturated heterocycles. The van der Waals surface area contributed by atoms with Crippen molar-refractivity contribution in [1.82, 2.24) is 10.2 Å². The molecular formula is C9H10N4O2S. The first-order valence-corrected chi connectivity index (χ1v) is 5.59. The number of thiophene rings is 1. The Balaban J connectivity index is 1.90. The van der Waals surface area contributed by atoms with Crippen LogP contribution in [-0.2, 0) is 6.42 Å². The molecule has 0 saturated carbocycles. The third kappa shape index (κ3) is 2.37. The van der Waals surface area contributed by atoms with Crippen LogP contribution >= 0.6 is 11.3 Å². The number of aromatic nitrogens is 2. The third-order valence-electron chi connectivity index (χ3n) is 2.07. The van der Waals surface area contributed by atoms with E-state index >= 15 is 0 Å². The molecule has 7 heteroatoms. The Morgan fingerprint density at radius 1 is 1.62 bits per heavy atom. The lowest BCUT2D eigenvalue weighted by molar-refractivity contribution is -0.388. The topological polar surface area (TPSA) is 83.8 Å². The number of nitrogens with zero attached hydrogens (tertiary/aromatic N) is 2. The molecule has 0 bridgehead atoms. The van der Waals surface area contributed by atoms with Gasteiger partial charge in [0.2, 0.25) is 0 Å². The van der Waals surface area contributed by atoms with Gasteiger partial charge in [0.1, 0.15) is 6.20 Å². The van der Waals surface area contributed by atoms with Gasteiger partial charge in [0.25, 0.3) is 0 Å². The highest BCUT2D eigenvalue weighted by Crippen LogP contribution is 2.19. The fourth-order valence-electron chi connectivity index (χ4n) is 1.32. The standard InChI is InChI=1S/C9H10N4O2S/c14-13(15)9-8(6-11-12-9)10-4-3-7-2-1-5-16-7/h1-2,5-6,10H,3-4H2,(H,11,12). The van der Waals surface area contributed by atoms with Crippen molar-refractivity contribution in [1.29, 1.82) is 0 Å². The van der Waals surface area contributed by atoms with Crippen molar-refractivity contribution in [3.05, 3.63) is 38.7 Å². The molecule has 0 aliphatic rings. The van der Waals surface area contributed by atoms with Crippen LogP contribution in [0.1, 0.15) is 4.88 Å². The maximum absolute atomic E-state index is 10.6. The van der Waals surface area contributed by atoms with Gasteiger partial charge in [-0.3, -0.25) is 0 Å². The van der Waals surface area contributed by atoms with Crippen molar-refractivity contribution in [2.45, 2.75) is 6.42 Å². The van der Waals surface area contributed by atoms with Crippen LogP contribution in [0.3, 0.4) is 0 Å². The van der Waals surface area contributed by atoms with Gasteiger partial charge >= 0.3 is 5.82 Å². The summed E-state index contributed by atoms with van der Waals surface area (Å²) < 4.78 is 0. The van der Waals surface area contributed by atoms with Gasteiger partial charge in [-0.15, -0.1) is 16.4 Å². The zero-order chi connectivity index (χ0) is 11.4. The van der Waals surface area contributed by atoms with Crippen LogP contribution in [0, 0.1) is 10.1 Å². The molecule has 16 heavy (non-hydrogen) atoms. The molecule has 0 radical (unpaired) electrons. The molecule has 0 atom stereocenters. The van der Waals surface area contributed by atoms with Crippen LogP contribution < -0.4 is 5.32 Å². The van der Waals surface area contributed by atoms with E-state index < -0.39 is 4.92 Å². The first kappa shape index (κ1) is 10.6. The van der Waals surface area contributed by atoms with E-state index in [0.29, 0.717) is 12.2 Å². The summed E-state index contributed by atoms with van der Waals surface area (Å²) in [5, 5.41) is 21.5. The zero-order valence-corrected chi connectivity index (χ0v) is 9.16. The van der Waals surface area contributed by atoms with Crippen LogP contribution in [0.25, 0.3) is 0 Å². The average molecular weight is 238 g/mol. The molecule has 2 rings (SSSR count). The van der Waals surface area contributed by atoms with Crippen LogP contribution in [0.2, 0.25) is 0 Å². The van der Waals surface area contributed by atoms with Crippen molar-refractivity contribution >= 4 is 22.8 Å². The number of aromatic amines is 1. The Labute approximate surface area is 95.5 Å². The second-order valence-electron chi connectivity index (χ2n) is 3.15. The lowest BCUT2D eigenvalue weighted by Gasteiger charge is -2.01. The lowest BCUT2D eigenvalue weighted by Crippen LogP contribution is -2.05. The van der Waals surface area contributed by atoms with E-state index in [1.54, 1.807) is 11.3 Å². The van der Waals surface area contributed by atoms with E-state index in [1.165, 1.54) is 11.1 Å². The Hall–Kier alpha value is -1.89. The molecule has 2 N–H and O–H groups in total. The Morgan fingerprint density at radius 3 is 3.19 bits per heavy atom. The van der Waals surface area contributed by atoms with Crippen LogP contribution in [0.4, 0.5) is 11.5 Å². The van der Waals surface area contributed by atoms with Crippen molar-refractivity contribution in [2.24, 2.45) is 0 Å². The van der Waals surface area contributed by atoms with Crippen molar-refractivity contribution in [3.63, 3.8) is 0 Å².